The molecule has 8 heteroatoms. The Kier molecular flexibility index (Phi) is 5.01. The summed E-state index contributed by atoms with van der Waals surface area (Å²) in [5.41, 5.74) is 0.433. The van der Waals surface area contributed by atoms with Gasteiger partial charge in [0.05, 0.1) is 5.92 Å². The Balaban J connectivity index is 1.44. The fraction of sp³-hybridized carbons (Fsp3) is 0.250. The molecule has 3 aromatic rings. The maximum Gasteiger partial charge on any atom is 0.359 e. The third kappa shape index (κ3) is 4.00. The number of carbonyl (C=O) groups is 1. The highest BCUT2D eigenvalue weighted by Gasteiger charge is 2.29. The Hall–Kier alpha value is -3.29. The maximum atomic E-state index is 13.2. The number of aromatic nitrogens is 2. The summed E-state index contributed by atoms with van der Waals surface area (Å²) in [6.45, 7) is 1.02. The minimum atomic E-state index is -0.427. The Morgan fingerprint density at radius 3 is 2.75 bits per heavy atom. The van der Waals surface area contributed by atoms with Gasteiger partial charge in [-0.3, -0.25) is 4.79 Å². The van der Waals surface area contributed by atoms with Crippen molar-refractivity contribution in [3.05, 3.63) is 71.6 Å². The molecule has 144 valence electrons. The number of hydrogen-bond donors (Lipinski definition) is 0. The number of nitrogens with zero attached hydrogens (tertiary/aromatic N) is 3. The molecule has 2 heterocycles. The maximum absolute atomic E-state index is 13.2. The van der Waals surface area contributed by atoms with Gasteiger partial charge in [0.25, 0.3) is 5.91 Å². The van der Waals surface area contributed by atoms with E-state index in [-0.39, 0.29) is 29.4 Å². The SMILES string of the molecule is O=C(c1ccc(F)cc1)N1CCC[C@H](c2nc(Oc3cccc(F)c3)no2)C1. The van der Waals surface area contributed by atoms with E-state index in [0.717, 1.165) is 12.8 Å². The minimum absolute atomic E-state index is 0.0115. The zero-order valence-corrected chi connectivity index (χ0v) is 14.8. The lowest BCUT2D eigenvalue weighted by Crippen LogP contribution is -2.39. The summed E-state index contributed by atoms with van der Waals surface area (Å²) in [6, 6.07) is 11.1. The molecule has 0 radical (unpaired) electrons. The molecule has 0 unspecified atom stereocenters. The molecule has 1 aliphatic rings. The van der Waals surface area contributed by atoms with Gasteiger partial charge in [-0.2, -0.15) is 4.98 Å². The van der Waals surface area contributed by atoms with Crippen molar-refractivity contribution in [3.63, 3.8) is 0 Å². The van der Waals surface area contributed by atoms with Crippen LogP contribution in [0.15, 0.2) is 53.1 Å². The van der Waals surface area contributed by atoms with Crippen molar-refractivity contribution in [1.82, 2.24) is 15.0 Å². The lowest BCUT2D eigenvalue weighted by molar-refractivity contribution is 0.0695. The molecule has 1 atom stereocenters. The summed E-state index contributed by atoms with van der Waals surface area (Å²) in [5.74, 6) is -0.476. The van der Waals surface area contributed by atoms with Crippen LogP contribution < -0.4 is 4.74 Å². The van der Waals surface area contributed by atoms with E-state index in [9.17, 15) is 13.6 Å². The quantitative estimate of drug-likeness (QED) is 0.675. The van der Waals surface area contributed by atoms with E-state index in [1.807, 2.05) is 0 Å². The van der Waals surface area contributed by atoms with Crippen LogP contribution in [0.1, 0.15) is 35.0 Å². The van der Waals surface area contributed by atoms with E-state index in [2.05, 4.69) is 10.1 Å². The number of benzene rings is 2. The van der Waals surface area contributed by atoms with E-state index in [1.165, 1.54) is 42.5 Å². The van der Waals surface area contributed by atoms with E-state index in [1.54, 1.807) is 11.0 Å². The number of rotatable bonds is 4. The molecule has 28 heavy (non-hydrogen) atoms. The van der Waals surface area contributed by atoms with Gasteiger partial charge in [0, 0.05) is 24.7 Å². The van der Waals surface area contributed by atoms with Crippen LogP contribution in [0.5, 0.6) is 11.8 Å². The second-order valence-corrected chi connectivity index (χ2v) is 6.57. The second-order valence-electron chi connectivity index (χ2n) is 6.57. The Morgan fingerprint density at radius 1 is 1.14 bits per heavy atom. The molecule has 2 aromatic carbocycles. The predicted octanol–water partition coefficient (Wildman–Crippen LogP) is 4.16. The topological polar surface area (TPSA) is 68.5 Å². The Morgan fingerprint density at radius 2 is 1.96 bits per heavy atom. The first kappa shape index (κ1) is 18.1. The molecular weight excluding hydrogens is 368 g/mol. The van der Waals surface area contributed by atoms with Crippen molar-refractivity contribution >= 4 is 5.91 Å². The lowest BCUT2D eigenvalue weighted by Gasteiger charge is -2.31. The van der Waals surface area contributed by atoms with Gasteiger partial charge in [-0.05, 0) is 54.4 Å². The van der Waals surface area contributed by atoms with Gasteiger partial charge >= 0.3 is 6.01 Å². The standard InChI is InChI=1S/C20H17F2N3O3/c21-15-8-6-13(7-9-15)19(26)25-10-2-3-14(12-25)18-23-20(24-28-18)27-17-5-1-4-16(22)11-17/h1,4-9,11,14H,2-3,10,12H2/t14-/m0/s1. The van der Waals surface area contributed by atoms with Crippen LogP contribution in [-0.2, 0) is 0 Å². The number of piperidine rings is 1. The van der Waals surface area contributed by atoms with E-state index in [4.69, 9.17) is 9.26 Å². The second kappa shape index (κ2) is 7.75. The van der Waals surface area contributed by atoms with Crippen LogP contribution in [0, 0.1) is 11.6 Å². The molecule has 6 nitrogen and oxygen atoms in total. The Labute approximate surface area is 159 Å². The largest absolute Gasteiger partial charge is 0.422 e. The molecule has 1 amide bonds. The van der Waals surface area contributed by atoms with E-state index in [0.29, 0.717) is 24.5 Å². The third-order valence-electron chi connectivity index (χ3n) is 4.58. The zero-order valence-electron chi connectivity index (χ0n) is 14.8. The van der Waals surface area contributed by atoms with E-state index < -0.39 is 5.82 Å². The van der Waals surface area contributed by atoms with Crippen LogP contribution in [0.3, 0.4) is 0 Å². The summed E-state index contributed by atoms with van der Waals surface area (Å²) >= 11 is 0. The van der Waals surface area contributed by atoms with Crippen LogP contribution in [0.4, 0.5) is 8.78 Å². The highest BCUT2D eigenvalue weighted by Crippen LogP contribution is 2.29. The van der Waals surface area contributed by atoms with Crippen molar-refractivity contribution < 1.29 is 22.8 Å². The average Bonchev–Trinajstić information content (AvgIpc) is 3.17. The molecule has 0 spiro atoms. The molecule has 0 aliphatic carbocycles. The molecule has 1 saturated heterocycles. The molecule has 1 fully saturated rings. The van der Waals surface area contributed by atoms with Gasteiger partial charge in [0.15, 0.2) is 0 Å². The predicted molar refractivity (Wildman–Crippen MR) is 95.1 cm³/mol. The molecular formula is C20H17F2N3O3. The summed E-state index contributed by atoms with van der Waals surface area (Å²) in [5, 5.41) is 3.78. The number of halogens is 2. The average molecular weight is 385 g/mol. The van der Waals surface area contributed by atoms with Crippen LogP contribution in [0.2, 0.25) is 0 Å². The first-order valence-corrected chi connectivity index (χ1v) is 8.90. The lowest BCUT2D eigenvalue weighted by atomic mass is 9.97. The number of amides is 1. The first-order chi connectivity index (χ1) is 13.6. The smallest absolute Gasteiger partial charge is 0.359 e. The van der Waals surface area contributed by atoms with Crippen LogP contribution >= 0.6 is 0 Å². The monoisotopic (exact) mass is 385 g/mol. The van der Waals surface area contributed by atoms with Gasteiger partial charge < -0.3 is 14.2 Å². The molecule has 4 rings (SSSR count). The first-order valence-electron chi connectivity index (χ1n) is 8.90. The van der Waals surface area contributed by atoms with E-state index >= 15 is 0 Å². The van der Waals surface area contributed by atoms with Crippen molar-refractivity contribution in [2.45, 2.75) is 18.8 Å². The molecule has 0 saturated carbocycles. The molecule has 0 bridgehead atoms. The number of hydrogen-bond acceptors (Lipinski definition) is 5. The van der Waals surface area contributed by atoms with Gasteiger partial charge in [-0.15, -0.1) is 0 Å². The Bertz CT molecular complexity index is 975. The third-order valence-corrected chi connectivity index (χ3v) is 4.58. The fourth-order valence-corrected chi connectivity index (χ4v) is 3.20. The van der Waals surface area contributed by atoms with Gasteiger partial charge in [-0.25, -0.2) is 8.78 Å². The number of ether oxygens (including phenoxy) is 1. The van der Waals surface area contributed by atoms with Crippen molar-refractivity contribution in [1.29, 1.82) is 0 Å². The summed E-state index contributed by atoms with van der Waals surface area (Å²) in [4.78, 5) is 18.6. The summed E-state index contributed by atoms with van der Waals surface area (Å²) in [7, 11) is 0. The fourth-order valence-electron chi connectivity index (χ4n) is 3.20. The summed E-state index contributed by atoms with van der Waals surface area (Å²) in [6.07, 6.45) is 1.56. The van der Waals surface area contributed by atoms with Crippen molar-refractivity contribution in [2.24, 2.45) is 0 Å². The molecule has 1 aromatic heterocycles. The highest BCUT2D eigenvalue weighted by molar-refractivity contribution is 5.94. The highest BCUT2D eigenvalue weighted by atomic mass is 19.1. The van der Waals surface area contributed by atoms with Gasteiger partial charge in [0.2, 0.25) is 5.89 Å². The number of likely N-dealkylation sites (tertiary alicyclic amines) is 1. The normalized spacial score (nSPS) is 16.8. The van der Waals surface area contributed by atoms with Crippen molar-refractivity contribution in [3.8, 4) is 11.8 Å². The number of carbonyl (C=O) groups excluding carboxylic acids is 1. The molecule has 1 aliphatic heterocycles. The zero-order chi connectivity index (χ0) is 19.5. The van der Waals surface area contributed by atoms with Crippen LogP contribution in [0.25, 0.3) is 0 Å². The van der Waals surface area contributed by atoms with Gasteiger partial charge in [0.1, 0.15) is 17.4 Å². The minimum Gasteiger partial charge on any atom is -0.422 e. The van der Waals surface area contributed by atoms with Crippen LogP contribution in [-0.4, -0.2) is 34.0 Å². The molecule has 0 N–H and O–H groups in total. The van der Waals surface area contributed by atoms with Crippen molar-refractivity contribution in [2.75, 3.05) is 13.1 Å². The summed E-state index contributed by atoms with van der Waals surface area (Å²) < 4.78 is 37.0. The van der Waals surface area contributed by atoms with Gasteiger partial charge in [-0.1, -0.05) is 6.07 Å².